The van der Waals surface area contributed by atoms with Gasteiger partial charge in [0.2, 0.25) is 0 Å². The molecule has 0 radical (unpaired) electrons. The molecule has 2 aliphatic heterocycles. The van der Waals surface area contributed by atoms with Crippen LogP contribution in [0.5, 0.6) is 5.75 Å². The van der Waals surface area contributed by atoms with Crippen molar-refractivity contribution < 1.29 is 9.53 Å². The number of hydrogen-bond donors (Lipinski definition) is 2. The zero-order valence-corrected chi connectivity index (χ0v) is 27.9. The van der Waals surface area contributed by atoms with Gasteiger partial charge in [0.25, 0.3) is 5.91 Å². The van der Waals surface area contributed by atoms with Gasteiger partial charge < -0.3 is 19.6 Å². The third-order valence-corrected chi connectivity index (χ3v) is 10.6. The third kappa shape index (κ3) is 4.25. The molecule has 2 aromatic heterocycles. The Bertz CT molecular complexity index is 2630. The highest BCUT2D eigenvalue weighted by Gasteiger charge is 2.50. The van der Waals surface area contributed by atoms with Gasteiger partial charge in [-0.05, 0) is 53.1 Å². The molecule has 1 unspecified atom stereocenters. The lowest BCUT2D eigenvalue weighted by atomic mass is 9.83. The molecule has 10 rings (SSSR count). The molecule has 51 heavy (non-hydrogen) atoms. The zero-order chi connectivity index (χ0) is 34.1. The summed E-state index contributed by atoms with van der Waals surface area (Å²) in [5, 5.41) is 5.65. The summed E-state index contributed by atoms with van der Waals surface area (Å²) in [6, 6.07) is 54.8. The molecule has 1 atom stereocenters. The minimum atomic E-state index is -0.908. The number of hydrogen-bond acceptors (Lipinski definition) is 2. The fourth-order valence-electron chi connectivity index (χ4n) is 8.53. The number of methoxy groups -OCH3 is 1. The second-order valence-electron chi connectivity index (χ2n) is 13.3. The molecule has 2 N–H and O–H groups in total. The summed E-state index contributed by atoms with van der Waals surface area (Å²) < 4.78 is 8.22. The van der Waals surface area contributed by atoms with E-state index in [0.717, 1.165) is 66.8 Å². The van der Waals surface area contributed by atoms with Gasteiger partial charge in [-0.15, -0.1) is 0 Å². The number of para-hydroxylation sites is 1. The molecule has 5 nitrogen and oxygen atoms in total. The highest BCUT2D eigenvalue weighted by molar-refractivity contribution is 6.14. The highest BCUT2D eigenvalue weighted by Crippen LogP contribution is 2.55. The molecule has 0 bridgehead atoms. The predicted octanol–water partition coefficient (Wildman–Crippen LogP) is 9.87. The van der Waals surface area contributed by atoms with Gasteiger partial charge in [-0.3, -0.25) is 4.79 Å². The van der Waals surface area contributed by atoms with Crippen LogP contribution in [0.1, 0.15) is 49.9 Å². The van der Waals surface area contributed by atoms with E-state index in [2.05, 4.69) is 148 Å². The highest BCUT2D eigenvalue weighted by atomic mass is 16.5. The molecule has 0 saturated heterocycles. The van der Waals surface area contributed by atoms with E-state index in [9.17, 15) is 4.79 Å². The van der Waals surface area contributed by atoms with Gasteiger partial charge in [0.1, 0.15) is 5.75 Å². The van der Waals surface area contributed by atoms with Crippen molar-refractivity contribution >= 4 is 33.3 Å². The Labute approximate surface area is 295 Å². The minimum absolute atomic E-state index is 0.0767. The van der Waals surface area contributed by atoms with Crippen LogP contribution >= 0.6 is 0 Å². The maximum absolute atomic E-state index is 13.8. The van der Waals surface area contributed by atoms with Crippen LogP contribution in [-0.4, -0.2) is 22.6 Å². The number of amides is 1. The van der Waals surface area contributed by atoms with Crippen molar-refractivity contribution in [3.8, 4) is 16.9 Å². The molecule has 8 aromatic rings. The largest absolute Gasteiger partial charge is 0.497 e. The number of fused-ring (bicyclic) bond motifs is 7. The van der Waals surface area contributed by atoms with Crippen LogP contribution in [0.4, 0.5) is 0 Å². The van der Waals surface area contributed by atoms with E-state index >= 15 is 0 Å². The number of nitrogens with zero attached hydrogens (tertiary/aromatic N) is 1. The summed E-state index contributed by atoms with van der Waals surface area (Å²) in [5.41, 5.74) is 11.7. The van der Waals surface area contributed by atoms with Gasteiger partial charge >= 0.3 is 0 Å². The van der Waals surface area contributed by atoms with Gasteiger partial charge in [0.15, 0.2) is 5.66 Å². The smallest absolute Gasteiger partial charge is 0.254 e. The average Bonchev–Trinajstić information content (AvgIpc) is 3.91. The maximum atomic E-state index is 13.8. The SMILES string of the molecule is COc1ccc2[nH]c(C(c3ccccc3)c3ccccc3)c(-c3c4n(c5ccccc35)C3(C=C4c4ccccc4)NC(=O)c4ccccc43)c2c1. The van der Waals surface area contributed by atoms with Crippen molar-refractivity contribution in [2.24, 2.45) is 0 Å². The zero-order valence-electron chi connectivity index (χ0n) is 27.9. The summed E-state index contributed by atoms with van der Waals surface area (Å²) in [6.45, 7) is 0. The number of aromatic amines is 1. The van der Waals surface area contributed by atoms with Crippen LogP contribution in [0.25, 0.3) is 38.5 Å². The van der Waals surface area contributed by atoms with Crippen LogP contribution < -0.4 is 10.1 Å². The van der Waals surface area contributed by atoms with E-state index in [1.165, 1.54) is 11.1 Å². The maximum Gasteiger partial charge on any atom is 0.254 e. The normalized spacial score (nSPS) is 16.1. The number of carbonyl (C=O) groups excluding carboxylic acids is 1. The molecular weight excluding hydrogens is 627 g/mol. The Morgan fingerprint density at radius 2 is 1.31 bits per heavy atom. The molecular formula is C46H33N3O2. The fraction of sp³-hybridized carbons (Fsp3) is 0.0652. The van der Waals surface area contributed by atoms with Gasteiger partial charge in [0, 0.05) is 55.7 Å². The van der Waals surface area contributed by atoms with Crippen molar-refractivity contribution in [1.29, 1.82) is 0 Å². The number of ether oxygens (including phenoxy) is 1. The summed E-state index contributed by atoms with van der Waals surface area (Å²) in [5.74, 6) is 0.617. The Hall–Kier alpha value is -6.59. The van der Waals surface area contributed by atoms with Gasteiger partial charge in [0.05, 0.1) is 18.3 Å². The number of carbonyl (C=O) groups is 1. The Balaban J connectivity index is 1.38. The van der Waals surface area contributed by atoms with Crippen LogP contribution in [-0.2, 0) is 5.66 Å². The van der Waals surface area contributed by atoms with Crippen molar-refractivity contribution in [3.05, 3.63) is 203 Å². The summed E-state index contributed by atoms with van der Waals surface area (Å²) >= 11 is 0. The van der Waals surface area contributed by atoms with Crippen LogP contribution in [0.2, 0.25) is 0 Å². The van der Waals surface area contributed by atoms with E-state index in [-0.39, 0.29) is 11.8 Å². The first-order valence-corrected chi connectivity index (χ1v) is 17.3. The van der Waals surface area contributed by atoms with Crippen molar-refractivity contribution in [3.63, 3.8) is 0 Å². The summed E-state index contributed by atoms with van der Waals surface area (Å²) in [7, 11) is 1.72. The van der Waals surface area contributed by atoms with E-state index in [1.807, 2.05) is 30.3 Å². The van der Waals surface area contributed by atoms with E-state index in [1.54, 1.807) is 7.11 Å². The van der Waals surface area contributed by atoms with E-state index in [0.29, 0.717) is 5.56 Å². The quantitative estimate of drug-likeness (QED) is 0.187. The molecule has 2 aliphatic rings. The summed E-state index contributed by atoms with van der Waals surface area (Å²) in [4.78, 5) is 17.7. The number of rotatable bonds is 6. The molecule has 0 fully saturated rings. The number of aromatic nitrogens is 2. The topological polar surface area (TPSA) is 59.0 Å². The van der Waals surface area contributed by atoms with Crippen molar-refractivity contribution in [2.45, 2.75) is 11.6 Å². The van der Waals surface area contributed by atoms with E-state index in [4.69, 9.17) is 4.74 Å². The first-order chi connectivity index (χ1) is 25.2. The van der Waals surface area contributed by atoms with Crippen LogP contribution in [0.15, 0.2) is 164 Å². The number of nitrogens with one attached hydrogen (secondary N) is 2. The third-order valence-electron chi connectivity index (χ3n) is 10.6. The molecule has 0 aliphatic carbocycles. The van der Waals surface area contributed by atoms with Crippen LogP contribution in [0, 0.1) is 0 Å². The lowest BCUT2D eigenvalue weighted by Crippen LogP contribution is -2.42. The lowest BCUT2D eigenvalue weighted by molar-refractivity contribution is 0.0937. The molecule has 244 valence electrons. The standard InChI is InChI=1S/C46H33N3O2/c1-51-32-25-26-38-35(27-32)41(43(47-38)40(30-17-7-3-8-18-30)31-19-9-4-10-20-31)42-34-22-12-14-24-39(34)49-44(42)36(29-15-5-2-6-16-29)28-46(49)37-23-13-11-21-33(37)45(50)48-46/h2-28,40,47H,1H3,(H,48,50). The molecule has 0 saturated carbocycles. The fourth-order valence-corrected chi connectivity index (χ4v) is 8.53. The van der Waals surface area contributed by atoms with Crippen molar-refractivity contribution in [1.82, 2.24) is 14.9 Å². The first-order valence-electron chi connectivity index (χ1n) is 17.3. The monoisotopic (exact) mass is 659 g/mol. The van der Waals surface area contributed by atoms with Crippen LogP contribution in [0.3, 0.4) is 0 Å². The Morgan fingerprint density at radius 1 is 0.667 bits per heavy atom. The lowest BCUT2D eigenvalue weighted by Gasteiger charge is -2.27. The molecule has 4 heterocycles. The Morgan fingerprint density at radius 3 is 2.04 bits per heavy atom. The summed E-state index contributed by atoms with van der Waals surface area (Å²) in [6.07, 6.45) is 2.26. The average molecular weight is 660 g/mol. The minimum Gasteiger partial charge on any atom is -0.497 e. The van der Waals surface area contributed by atoms with Gasteiger partial charge in [-0.2, -0.15) is 0 Å². The first kappa shape index (κ1) is 29.3. The van der Waals surface area contributed by atoms with Crippen molar-refractivity contribution in [2.75, 3.05) is 7.11 Å². The van der Waals surface area contributed by atoms with Gasteiger partial charge in [-0.1, -0.05) is 127 Å². The predicted molar refractivity (Wildman–Crippen MR) is 204 cm³/mol. The number of H-pyrrole nitrogens is 1. The number of benzene rings is 6. The molecule has 5 heteroatoms. The Kier molecular flexibility index (Phi) is 6.46. The second kappa shape index (κ2) is 11.2. The second-order valence-corrected chi connectivity index (χ2v) is 13.3. The molecule has 1 amide bonds. The molecule has 1 spiro atoms. The van der Waals surface area contributed by atoms with Gasteiger partial charge in [-0.25, -0.2) is 0 Å². The molecule has 6 aromatic carbocycles. The van der Waals surface area contributed by atoms with E-state index < -0.39 is 5.66 Å².